The number of amides is 1. The first-order valence-electron chi connectivity index (χ1n) is 8.71. The summed E-state index contributed by atoms with van der Waals surface area (Å²) in [6.45, 7) is 0.0527. The van der Waals surface area contributed by atoms with Gasteiger partial charge >= 0.3 is 0 Å². The quantitative estimate of drug-likeness (QED) is 0.299. The van der Waals surface area contributed by atoms with E-state index in [2.05, 4.69) is 26.5 Å². The number of nitrogens with one attached hydrogen (secondary N) is 1. The molecule has 0 bridgehead atoms. The molecule has 0 saturated heterocycles. The van der Waals surface area contributed by atoms with Crippen molar-refractivity contribution in [2.45, 2.75) is 6.54 Å². The molecule has 28 heavy (non-hydrogen) atoms. The molecule has 1 aromatic heterocycles. The molecule has 6 heteroatoms. The van der Waals surface area contributed by atoms with Crippen molar-refractivity contribution in [2.24, 2.45) is 5.10 Å². The molecule has 0 unspecified atom stereocenters. The Labute approximate surface area is 169 Å². The molecule has 0 aliphatic rings. The summed E-state index contributed by atoms with van der Waals surface area (Å²) in [4.78, 5) is 25.2. The van der Waals surface area contributed by atoms with Crippen molar-refractivity contribution in [3.8, 4) is 0 Å². The third-order valence-corrected chi connectivity index (χ3v) is 4.93. The van der Waals surface area contributed by atoms with Gasteiger partial charge in [-0.25, -0.2) is 5.43 Å². The number of benzene rings is 3. The van der Waals surface area contributed by atoms with Gasteiger partial charge < -0.3 is 4.57 Å². The minimum atomic E-state index is -0.273. The molecule has 1 amide bonds. The van der Waals surface area contributed by atoms with E-state index in [0.29, 0.717) is 10.8 Å². The summed E-state index contributed by atoms with van der Waals surface area (Å²) in [5, 5.41) is 5.22. The largest absolute Gasteiger partial charge is 0.331 e. The highest BCUT2D eigenvalue weighted by Crippen LogP contribution is 2.19. The molecular formula is C22H16BrN3O2. The van der Waals surface area contributed by atoms with Crippen LogP contribution < -0.4 is 10.9 Å². The van der Waals surface area contributed by atoms with Gasteiger partial charge in [-0.15, -0.1) is 0 Å². The number of aromatic nitrogens is 1. The van der Waals surface area contributed by atoms with Crippen LogP contribution >= 0.6 is 15.9 Å². The lowest BCUT2D eigenvalue weighted by Gasteiger charge is -2.14. The van der Waals surface area contributed by atoms with Gasteiger partial charge in [0.1, 0.15) is 6.54 Å². The first-order valence-corrected chi connectivity index (χ1v) is 9.50. The Morgan fingerprint density at radius 3 is 2.25 bits per heavy atom. The van der Waals surface area contributed by atoms with Gasteiger partial charge in [-0.3, -0.25) is 9.59 Å². The Balaban J connectivity index is 1.66. The van der Waals surface area contributed by atoms with Crippen molar-refractivity contribution in [1.29, 1.82) is 0 Å². The summed E-state index contributed by atoms with van der Waals surface area (Å²) >= 11 is 3.40. The van der Waals surface area contributed by atoms with Gasteiger partial charge in [-0.05, 0) is 42.0 Å². The second-order valence-electron chi connectivity index (χ2n) is 6.30. The van der Waals surface area contributed by atoms with Gasteiger partial charge in [0.05, 0.1) is 17.2 Å². The highest BCUT2D eigenvalue weighted by Gasteiger charge is 2.12. The lowest BCUT2D eigenvalue weighted by molar-refractivity contribution is -0.121. The Bertz CT molecular complexity index is 1220. The third kappa shape index (κ3) is 3.59. The monoisotopic (exact) mass is 433 g/mol. The summed E-state index contributed by atoms with van der Waals surface area (Å²) in [7, 11) is 0. The molecule has 3 aromatic carbocycles. The van der Waals surface area contributed by atoms with Crippen LogP contribution in [-0.4, -0.2) is 16.7 Å². The van der Waals surface area contributed by atoms with Crippen molar-refractivity contribution in [1.82, 2.24) is 9.99 Å². The zero-order valence-electron chi connectivity index (χ0n) is 14.8. The van der Waals surface area contributed by atoms with Crippen molar-refractivity contribution in [2.75, 3.05) is 0 Å². The Hall–Kier alpha value is -3.25. The zero-order valence-corrected chi connectivity index (χ0v) is 16.4. The van der Waals surface area contributed by atoms with Crippen LogP contribution in [0.25, 0.3) is 21.8 Å². The van der Waals surface area contributed by atoms with Crippen LogP contribution in [0.3, 0.4) is 0 Å². The maximum Gasteiger partial charge on any atom is 0.260 e. The number of carbonyl (C=O) groups excluding carboxylic acids is 1. The normalized spacial score (nSPS) is 11.3. The van der Waals surface area contributed by atoms with Crippen molar-refractivity contribution >= 4 is 49.9 Å². The third-order valence-electron chi connectivity index (χ3n) is 4.43. The van der Waals surface area contributed by atoms with Crippen LogP contribution in [-0.2, 0) is 11.3 Å². The van der Waals surface area contributed by atoms with E-state index in [1.807, 2.05) is 65.2 Å². The van der Waals surface area contributed by atoms with E-state index in [1.165, 1.54) is 0 Å². The lowest BCUT2D eigenvalue weighted by Crippen LogP contribution is -2.25. The number of hydrogen-bond acceptors (Lipinski definition) is 3. The number of halogens is 1. The number of rotatable bonds is 4. The topological polar surface area (TPSA) is 63.5 Å². The number of pyridine rings is 1. The minimum absolute atomic E-state index is 0.0319. The van der Waals surface area contributed by atoms with Gasteiger partial charge in [0, 0.05) is 15.2 Å². The maximum absolute atomic E-state index is 12.7. The number of para-hydroxylation sites is 2. The van der Waals surface area contributed by atoms with Crippen LogP contribution in [0.4, 0.5) is 0 Å². The molecule has 138 valence electrons. The molecule has 0 fully saturated rings. The van der Waals surface area contributed by atoms with Crippen LogP contribution in [0, 0.1) is 0 Å². The van der Waals surface area contributed by atoms with Crippen LogP contribution in [0.2, 0.25) is 0 Å². The average Bonchev–Trinajstić information content (AvgIpc) is 2.71. The second kappa shape index (κ2) is 7.78. The molecule has 5 nitrogen and oxygen atoms in total. The van der Waals surface area contributed by atoms with Gasteiger partial charge in [-0.1, -0.05) is 52.3 Å². The molecule has 0 radical (unpaired) electrons. The number of carbonyl (C=O) groups is 1. The number of hydrogen-bond donors (Lipinski definition) is 1. The highest BCUT2D eigenvalue weighted by molar-refractivity contribution is 9.10. The van der Waals surface area contributed by atoms with E-state index in [4.69, 9.17) is 0 Å². The molecule has 0 aliphatic heterocycles. The number of nitrogens with zero attached hydrogens (tertiary/aromatic N) is 2. The van der Waals surface area contributed by atoms with Crippen LogP contribution in [0.5, 0.6) is 0 Å². The summed E-state index contributed by atoms with van der Waals surface area (Å²) in [6, 6.07) is 22.2. The van der Waals surface area contributed by atoms with E-state index < -0.39 is 0 Å². The predicted octanol–water partition coefficient (Wildman–Crippen LogP) is 4.07. The van der Waals surface area contributed by atoms with Crippen molar-refractivity contribution in [3.63, 3.8) is 0 Å². The second-order valence-corrected chi connectivity index (χ2v) is 7.21. The van der Waals surface area contributed by atoms with Crippen LogP contribution in [0.15, 0.2) is 87.2 Å². The maximum atomic E-state index is 12.7. The smallest absolute Gasteiger partial charge is 0.260 e. The zero-order chi connectivity index (χ0) is 19.5. The van der Waals surface area contributed by atoms with E-state index in [-0.39, 0.29) is 17.9 Å². The fraction of sp³-hybridized carbons (Fsp3) is 0.0455. The Morgan fingerprint density at radius 1 is 0.964 bits per heavy atom. The molecule has 4 rings (SSSR count). The molecule has 4 aromatic rings. The number of fused-ring (bicyclic) bond motifs is 2. The Kier molecular flexibility index (Phi) is 5.04. The predicted molar refractivity (Wildman–Crippen MR) is 116 cm³/mol. The van der Waals surface area contributed by atoms with E-state index >= 15 is 0 Å². The molecular weight excluding hydrogens is 418 g/mol. The molecule has 0 spiro atoms. The van der Waals surface area contributed by atoms with E-state index in [9.17, 15) is 9.59 Å². The summed E-state index contributed by atoms with van der Waals surface area (Å²) in [5.41, 5.74) is 4.84. The molecule has 0 aliphatic carbocycles. The average molecular weight is 434 g/mol. The first kappa shape index (κ1) is 18.1. The SMILES string of the molecule is O=C(Cn1c2ccccc2c(=O)c2ccccc21)NN=Cc1cccc(Br)c1. The Morgan fingerprint density at radius 2 is 1.61 bits per heavy atom. The molecule has 0 saturated carbocycles. The van der Waals surface area contributed by atoms with Crippen molar-refractivity contribution in [3.05, 3.63) is 93.1 Å². The van der Waals surface area contributed by atoms with Gasteiger partial charge in [-0.2, -0.15) is 5.10 Å². The molecule has 0 atom stereocenters. The van der Waals surface area contributed by atoms with Gasteiger partial charge in [0.2, 0.25) is 0 Å². The number of hydrazone groups is 1. The molecule has 1 N–H and O–H groups in total. The van der Waals surface area contributed by atoms with E-state index in [1.54, 1.807) is 18.3 Å². The van der Waals surface area contributed by atoms with Crippen LogP contribution in [0.1, 0.15) is 5.56 Å². The first-order chi connectivity index (χ1) is 13.6. The summed E-state index contributed by atoms with van der Waals surface area (Å²) < 4.78 is 2.78. The summed E-state index contributed by atoms with van der Waals surface area (Å²) in [6.07, 6.45) is 1.59. The van der Waals surface area contributed by atoms with Gasteiger partial charge in [0.15, 0.2) is 5.43 Å². The minimum Gasteiger partial charge on any atom is -0.331 e. The fourth-order valence-corrected chi connectivity index (χ4v) is 3.61. The highest BCUT2D eigenvalue weighted by atomic mass is 79.9. The standard InChI is InChI=1S/C22H16BrN3O2/c23-16-7-5-6-15(12-16)13-24-25-21(27)14-26-19-10-3-1-8-17(19)22(28)18-9-2-4-11-20(18)26/h1-13H,14H2,(H,25,27). The fourth-order valence-electron chi connectivity index (χ4n) is 3.19. The lowest BCUT2D eigenvalue weighted by atomic mass is 10.1. The van der Waals surface area contributed by atoms with Gasteiger partial charge in [0.25, 0.3) is 5.91 Å². The van der Waals surface area contributed by atoms with E-state index in [0.717, 1.165) is 21.1 Å². The molecule has 1 heterocycles. The van der Waals surface area contributed by atoms with Crippen molar-refractivity contribution < 1.29 is 4.79 Å². The summed E-state index contributed by atoms with van der Waals surface area (Å²) in [5.74, 6) is -0.273.